The highest BCUT2D eigenvalue weighted by molar-refractivity contribution is 5.98. The molecule has 3 aromatic rings. The number of hydrogen-bond acceptors (Lipinski definition) is 2. The van der Waals surface area contributed by atoms with Crippen molar-refractivity contribution in [3.63, 3.8) is 0 Å². The summed E-state index contributed by atoms with van der Waals surface area (Å²) in [4.78, 5) is 25.5. The summed E-state index contributed by atoms with van der Waals surface area (Å²) in [5.74, 6) is -3.70. The number of halogens is 2. The number of rotatable bonds is 8. The fourth-order valence-electron chi connectivity index (χ4n) is 3.57. The van der Waals surface area contributed by atoms with Crippen molar-refractivity contribution in [1.29, 1.82) is 0 Å². The summed E-state index contributed by atoms with van der Waals surface area (Å²) in [6, 6.07) is 21.8. The van der Waals surface area contributed by atoms with Crippen LogP contribution in [0.4, 0.5) is 8.78 Å². The van der Waals surface area contributed by atoms with Gasteiger partial charge in [0.1, 0.15) is 23.2 Å². The third-order valence-electron chi connectivity index (χ3n) is 5.31. The van der Waals surface area contributed by atoms with Crippen LogP contribution in [0.5, 0.6) is 0 Å². The molecule has 0 aliphatic carbocycles. The standard InChI is InChI=1S/C26H26F2N2O2/c1-17(2)24(30-25(31)23-21(27)14-9-15-22(23)28)26(32)29-16-20(18-10-5-3-6-11-18)19-12-7-4-8-13-19/h3-15,17,20,24H,16H2,1-2H3,(H,29,32)(H,30,31)/t24-/m1/s1. The summed E-state index contributed by atoms with van der Waals surface area (Å²) in [6.45, 7) is 3.82. The molecule has 0 fully saturated rings. The Bertz CT molecular complexity index is 996. The Morgan fingerprint density at radius 3 is 1.75 bits per heavy atom. The van der Waals surface area contributed by atoms with E-state index in [4.69, 9.17) is 0 Å². The Labute approximate surface area is 186 Å². The summed E-state index contributed by atoms with van der Waals surface area (Å²) < 4.78 is 28.0. The molecule has 2 amide bonds. The van der Waals surface area contributed by atoms with Crippen LogP contribution in [0, 0.1) is 17.6 Å². The molecular weight excluding hydrogens is 410 g/mol. The summed E-state index contributed by atoms with van der Waals surface area (Å²) in [6.07, 6.45) is 0. The zero-order valence-corrected chi connectivity index (χ0v) is 18.0. The molecule has 0 aliphatic heterocycles. The third kappa shape index (κ3) is 5.58. The Balaban J connectivity index is 1.75. The van der Waals surface area contributed by atoms with Crippen molar-refractivity contribution in [3.05, 3.63) is 107 Å². The SMILES string of the molecule is CC(C)[C@@H](NC(=O)c1c(F)cccc1F)C(=O)NCC(c1ccccc1)c1ccccc1. The second kappa shape index (κ2) is 10.7. The second-order valence-corrected chi connectivity index (χ2v) is 7.91. The van der Waals surface area contributed by atoms with Crippen LogP contribution < -0.4 is 10.6 Å². The van der Waals surface area contributed by atoms with Gasteiger partial charge in [-0.05, 0) is 29.2 Å². The zero-order valence-electron chi connectivity index (χ0n) is 18.0. The molecule has 4 nitrogen and oxygen atoms in total. The lowest BCUT2D eigenvalue weighted by Gasteiger charge is -2.24. The van der Waals surface area contributed by atoms with Gasteiger partial charge in [-0.25, -0.2) is 8.78 Å². The van der Waals surface area contributed by atoms with Crippen LogP contribution in [-0.4, -0.2) is 24.4 Å². The Hall–Kier alpha value is -3.54. The number of carbonyl (C=O) groups excluding carboxylic acids is 2. The molecule has 6 heteroatoms. The first-order valence-electron chi connectivity index (χ1n) is 10.5. The predicted octanol–water partition coefficient (Wildman–Crippen LogP) is 4.67. The first kappa shape index (κ1) is 23.1. The molecule has 166 valence electrons. The molecule has 0 spiro atoms. The van der Waals surface area contributed by atoms with Crippen molar-refractivity contribution in [2.24, 2.45) is 5.92 Å². The summed E-state index contributed by atoms with van der Waals surface area (Å²) in [7, 11) is 0. The van der Waals surface area contributed by atoms with E-state index in [-0.39, 0.29) is 11.8 Å². The average molecular weight is 437 g/mol. The molecule has 0 heterocycles. The van der Waals surface area contributed by atoms with E-state index < -0.39 is 35.1 Å². The van der Waals surface area contributed by atoms with Gasteiger partial charge >= 0.3 is 0 Å². The Morgan fingerprint density at radius 2 is 1.28 bits per heavy atom. The lowest BCUT2D eigenvalue weighted by atomic mass is 9.91. The Kier molecular flexibility index (Phi) is 7.71. The van der Waals surface area contributed by atoms with Gasteiger partial charge in [0.2, 0.25) is 5.91 Å². The molecule has 1 atom stereocenters. The van der Waals surface area contributed by atoms with Gasteiger partial charge in [-0.2, -0.15) is 0 Å². The maximum absolute atomic E-state index is 14.0. The third-order valence-corrected chi connectivity index (χ3v) is 5.31. The van der Waals surface area contributed by atoms with E-state index in [0.717, 1.165) is 23.3 Å². The predicted molar refractivity (Wildman–Crippen MR) is 120 cm³/mol. The van der Waals surface area contributed by atoms with Crippen LogP contribution in [0.1, 0.15) is 41.3 Å². The van der Waals surface area contributed by atoms with E-state index in [1.807, 2.05) is 60.7 Å². The second-order valence-electron chi connectivity index (χ2n) is 7.91. The van der Waals surface area contributed by atoms with Gasteiger partial charge in [-0.3, -0.25) is 9.59 Å². The average Bonchev–Trinajstić information content (AvgIpc) is 2.78. The van der Waals surface area contributed by atoms with Gasteiger partial charge in [-0.1, -0.05) is 80.6 Å². The van der Waals surface area contributed by atoms with Gasteiger partial charge in [0.15, 0.2) is 0 Å². The van der Waals surface area contributed by atoms with E-state index in [9.17, 15) is 18.4 Å². The van der Waals surface area contributed by atoms with Crippen molar-refractivity contribution in [3.8, 4) is 0 Å². The smallest absolute Gasteiger partial charge is 0.257 e. The highest BCUT2D eigenvalue weighted by Gasteiger charge is 2.28. The molecule has 0 bridgehead atoms. The molecule has 0 aliphatic rings. The lowest BCUT2D eigenvalue weighted by molar-refractivity contribution is -0.123. The molecule has 0 saturated heterocycles. The van der Waals surface area contributed by atoms with Crippen LogP contribution >= 0.6 is 0 Å². The van der Waals surface area contributed by atoms with E-state index in [0.29, 0.717) is 6.54 Å². The van der Waals surface area contributed by atoms with Crippen LogP contribution in [-0.2, 0) is 4.79 Å². The lowest BCUT2D eigenvalue weighted by Crippen LogP contribution is -2.50. The minimum atomic E-state index is -0.973. The topological polar surface area (TPSA) is 58.2 Å². The molecule has 0 radical (unpaired) electrons. The monoisotopic (exact) mass is 436 g/mol. The van der Waals surface area contributed by atoms with Crippen LogP contribution in [0.15, 0.2) is 78.9 Å². The fraction of sp³-hybridized carbons (Fsp3) is 0.231. The molecule has 2 N–H and O–H groups in total. The van der Waals surface area contributed by atoms with Crippen molar-refractivity contribution in [2.45, 2.75) is 25.8 Å². The van der Waals surface area contributed by atoms with Crippen LogP contribution in [0.3, 0.4) is 0 Å². The summed E-state index contributed by atoms with van der Waals surface area (Å²) in [5.41, 5.74) is 1.38. The number of amides is 2. The minimum Gasteiger partial charge on any atom is -0.353 e. The number of carbonyl (C=O) groups is 2. The molecule has 32 heavy (non-hydrogen) atoms. The van der Waals surface area contributed by atoms with Gasteiger partial charge in [-0.15, -0.1) is 0 Å². The maximum Gasteiger partial charge on any atom is 0.257 e. The van der Waals surface area contributed by atoms with Gasteiger partial charge in [0, 0.05) is 12.5 Å². The first-order chi connectivity index (χ1) is 15.4. The summed E-state index contributed by atoms with van der Waals surface area (Å²) >= 11 is 0. The van der Waals surface area contributed by atoms with E-state index in [1.54, 1.807) is 13.8 Å². The molecule has 0 aromatic heterocycles. The van der Waals surface area contributed by atoms with Gasteiger partial charge < -0.3 is 10.6 Å². The van der Waals surface area contributed by atoms with E-state index in [2.05, 4.69) is 10.6 Å². The Morgan fingerprint density at radius 1 is 0.781 bits per heavy atom. The maximum atomic E-state index is 14.0. The van der Waals surface area contributed by atoms with Crippen LogP contribution in [0.2, 0.25) is 0 Å². The van der Waals surface area contributed by atoms with Crippen molar-refractivity contribution in [1.82, 2.24) is 10.6 Å². The fourth-order valence-corrected chi connectivity index (χ4v) is 3.57. The number of benzene rings is 3. The summed E-state index contributed by atoms with van der Waals surface area (Å²) in [5, 5.41) is 5.39. The first-order valence-corrected chi connectivity index (χ1v) is 10.5. The molecular formula is C26H26F2N2O2. The highest BCUT2D eigenvalue weighted by atomic mass is 19.1. The van der Waals surface area contributed by atoms with Gasteiger partial charge in [0.05, 0.1) is 0 Å². The van der Waals surface area contributed by atoms with E-state index in [1.165, 1.54) is 6.07 Å². The van der Waals surface area contributed by atoms with Crippen LogP contribution in [0.25, 0.3) is 0 Å². The molecule has 0 unspecified atom stereocenters. The normalized spacial score (nSPS) is 11.9. The molecule has 0 saturated carbocycles. The van der Waals surface area contributed by atoms with Crippen molar-refractivity contribution in [2.75, 3.05) is 6.54 Å². The van der Waals surface area contributed by atoms with Crippen molar-refractivity contribution < 1.29 is 18.4 Å². The zero-order chi connectivity index (χ0) is 23.1. The van der Waals surface area contributed by atoms with Gasteiger partial charge in [0.25, 0.3) is 5.91 Å². The van der Waals surface area contributed by atoms with E-state index >= 15 is 0 Å². The number of hydrogen-bond donors (Lipinski definition) is 2. The molecule has 3 aromatic carbocycles. The molecule has 3 rings (SSSR count). The number of nitrogens with one attached hydrogen (secondary N) is 2. The minimum absolute atomic E-state index is 0.0890. The highest BCUT2D eigenvalue weighted by Crippen LogP contribution is 2.24. The quantitative estimate of drug-likeness (QED) is 0.539. The van der Waals surface area contributed by atoms with Crippen molar-refractivity contribution >= 4 is 11.8 Å². The largest absolute Gasteiger partial charge is 0.353 e.